The number of hydrogen-bond acceptors (Lipinski definition) is 3. The molecule has 0 bridgehead atoms. The van der Waals surface area contributed by atoms with Gasteiger partial charge in [0.15, 0.2) is 0 Å². The summed E-state index contributed by atoms with van der Waals surface area (Å²) in [6, 6.07) is 3.54. The number of nitrogens with two attached hydrogens (primary N) is 1. The van der Waals surface area contributed by atoms with Gasteiger partial charge in [0.25, 0.3) is 0 Å². The first-order chi connectivity index (χ1) is 8.84. The third-order valence-corrected chi connectivity index (χ3v) is 5.29. The summed E-state index contributed by atoms with van der Waals surface area (Å²) in [6.45, 7) is 3.89. The van der Waals surface area contributed by atoms with Gasteiger partial charge >= 0.3 is 0 Å². The van der Waals surface area contributed by atoms with Crippen LogP contribution in [0.15, 0.2) is 23.1 Å². The summed E-state index contributed by atoms with van der Waals surface area (Å²) in [6.07, 6.45) is 1.64. The molecule has 19 heavy (non-hydrogen) atoms. The summed E-state index contributed by atoms with van der Waals surface area (Å²) in [5.74, 6) is -0.577. The monoisotopic (exact) mass is 288 g/mol. The van der Waals surface area contributed by atoms with Crippen molar-refractivity contribution in [3.05, 3.63) is 29.6 Å². The van der Waals surface area contributed by atoms with Crippen LogP contribution in [-0.4, -0.2) is 25.8 Å². The van der Waals surface area contributed by atoms with E-state index >= 15 is 0 Å². The van der Waals surface area contributed by atoms with Crippen molar-refractivity contribution in [3.63, 3.8) is 0 Å². The molecule has 1 atom stereocenters. The largest absolute Gasteiger partial charge is 0.326 e. The Labute approximate surface area is 114 Å². The fourth-order valence-corrected chi connectivity index (χ4v) is 3.56. The van der Waals surface area contributed by atoms with Crippen LogP contribution in [0.4, 0.5) is 4.39 Å². The summed E-state index contributed by atoms with van der Waals surface area (Å²) < 4.78 is 39.6. The van der Waals surface area contributed by atoms with E-state index < -0.39 is 15.8 Å². The lowest BCUT2D eigenvalue weighted by Crippen LogP contribution is -2.35. The second-order valence-electron chi connectivity index (χ2n) is 4.62. The molecule has 108 valence electrons. The van der Waals surface area contributed by atoms with Gasteiger partial charge in [-0.1, -0.05) is 19.4 Å². The van der Waals surface area contributed by atoms with E-state index in [2.05, 4.69) is 0 Å². The van der Waals surface area contributed by atoms with Crippen molar-refractivity contribution >= 4 is 10.0 Å². The van der Waals surface area contributed by atoms with E-state index in [1.165, 1.54) is 23.5 Å². The van der Waals surface area contributed by atoms with E-state index in [0.29, 0.717) is 5.56 Å². The Morgan fingerprint density at radius 3 is 2.58 bits per heavy atom. The highest BCUT2D eigenvalue weighted by Gasteiger charge is 2.27. The molecule has 1 rings (SSSR count). The van der Waals surface area contributed by atoms with Crippen molar-refractivity contribution in [1.29, 1.82) is 0 Å². The quantitative estimate of drug-likeness (QED) is 0.872. The highest BCUT2D eigenvalue weighted by atomic mass is 32.2. The molecule has 1 aromatic carbocycles. The van der Waals surface area contributed by atoms with Crippen LogP contribution in [0.3, 0.4) is 0 Å². The maximum absolute atomic E-state index is 13.3. The SMILES string of the molecule is CCCC(C)N(C)S(=O)(=O)c1cc(F)ccc1CN. The second-order valence-corrected chi connectivity index (χ2v) is 6.58. The Kier molecular flexibility index (Phi) is 5.46. The maximum atomic E-state index is 13.3. The number of nitrogens with zero attached hydrogens (tertiary/aromatic N) is 1. The Balaban J connectivity index is 3.23. The van der Waals surface area contributed by atoms with E-state index in [-0.39, 0.29) is 17.5 Å². The molecule has 0 fully saturated rings. The maximum Gasteiger partial charge on any atom is 0.243 e. The van der Waals surface area contributed by atoms with Gasteiger partial charge in [0.1, 0.15) is 5.82 Å². The van der Waals surface area contributed by atoms with Gasteiger partial charge in [-0.3, -0.25) is 0 Å². The molecule has 0 aromatic heterocycles. The van der Waals surface area contributed by atoms with Crippen molar-refractivity contribution < 1.29 is 12.8 Å². The minimum atomic E-state index is -3.71. The van der Waals surface area contributed by atoms with Gasteiger partial charge in [0, 0.05) is 19.6 Å². The first-order valence-electron chi connectivity index (χ1n) is 6.31. The van der Waals surface area contributed by atoms with Gasteiger partial charge in [-0.05, 0) is 31.0 Å². The van der Waals surface area contributed by atoms with Crippen molar-refractivity contribution in [2.45, 2.75) is 44.2 Å². The minimum Gasteiger partial charge on any atom is -0.326 e. The topological polar surface area (TPSA) is 63.4 Å². The van der Waals surface area contributed by atoms with Crippen molar-refractivity contribution in [3.8, 4) is 0 Å². The number of halogens is 1. The van der Waals surface area contributed by atoms with Gasteiger partial charge in [-0.15, -0.1) is 0 Å². The molecule has 0 aliphatic carbocycles. The van der Waals surface area contributed by atoms with E-state index in [1.54, 1.807) is 0 Å². The van der Waals surface area contributed by atoms with E-state index in [1.807, 2.05) is 13.8 Å². The second kappa shape index (κ2) is 6.45. The van der Waals surface area contributed by atoms with Gasteiger partial charge in [-0.2, -0.15) is 4.31 Å². The highest BCUT2D eigenvalue weighted by molar-refractivity contribution is 7.89. The van der Waals surface area contributed by atoms with Gasteiger partial charge < -0.3 is 5.73 Å². The van der Waals surface area contributed by atoms with Crippen LogP contribution < -0.4 is 5.73 Å². The average molecular weight is 288 g/mol. The molecule has 0 saturated carbocycles. The third-order valence-electron chi connectivity index (χ3n) is 3.23. The minimum absolute atomic E-state index is 0.0412. The van der Waals surface area contributed by atoms with Crippen LogP contribution in [0.25, 0.3) is 0 Å². The molecule has 4 nitrogen and oxygen atoms in total. The summed E-state index contributed by atoms with van der Waals surface area (Å²) in [5.41, 5.74) is 5.95. The molecule has 0 aliphatic heterocycles. The van der Waals surface area contributed by atoms with Crippen LogP contribution in [0.2, 0.25) is 0 Å². The van der Waals surface area contributed by atoms with E-state index in [4.69, 9.17) is 5.73 Å². The lowest BCUT2D eigenvalue weighted by Gasteiger charge is -2.25. The lowest BCUT2D eigenvalue weighted by molar-refractivity contribution is 0.368. The zero-order valence-corrected chi connectivity index (χ0v) is 12.4. The molecule has 0 spiro atoms. The van der Waals surface area contributed by atoms with Crippen molar-refractivity contribution in [2.75, 3.05) is 7.05 Å². The first-order valence-corrected chi connectivity index (χ1v) is 7.75. The van der Waals surface area contributed by atoms with Crippen LogP contribution in [0.5, 0.6) is 0 Å². The van der Waals surface area contributed by atoms with E-state index in [9.17, 15) is 12.8 Å². The number of sulfonamides is 1. The molecular formula is C13H21FN2O2S. The zero-order chi connectivity index (χ0) is 14.6. The normalized spacial score (nSPS) is 13.8. The van der Waals surface area contributed by atoms with Crippen LogP contribution in [0.1, 0.15) is 32.3 Å². The Hall–Kier alpha value is -0.980. The predicted octanol–water partition coefficient (Wildman–Crippen LogP) is 2.09. The molecule has 0 radical (unpaired) electrons. The van der Waals surface area contributed by atoms with Crippen molar-refractivity contribution in [1.82, 2.24) is 4.31 Å². The standard InChI is InChI=1S/C13H21FN2O2S/c1-4-5-10(2)16(3)19(17,18)13-8-12(14)7-6-11(13)9-15/h6-8,10H,4-5,9,15H2,1-3H3. The molecule has 1 aromatic rings. The van der Waals surface area contributed by atoms with Gasteiger partial charge in [-0.25, -0.2) is 12.8 Å². The molecule has 0 heterocycles. The fourth-order valence-electron chi connectivity index (χ4n) is 1.93. The predicted molar refractivity (Wildman–Crippen MR) is 73.6 cm³/mol. The summed E-state index contributed by atoms with van der Waals surface area (Å²) >= 11 is 0. The Bertz CT molecular complexity index is 531. The molecule has 1 unspecified atom stereocenters. The highest BCUT2D eigenvalue weighted by Crippen LogP contribution is 2.23. The van der Waals surface area contributed by atoms with E-state index in [0.717, 1.165) is 18.9 Å². The van der Waals surface area contributed by atoms with Crippen LogP contribution in [-0.2, 0) is 16.6 Å². The average Bonchev–Trinajstić information content (AvgIpc) is 2.38. The van der Waals surface area contributed by atoms with Gasteiger partial charge in [0.05, 0.1) is 4.90 Å². The van der Waals surface area contributed by atoms with Crippen molar-refractivity contribution in [2.24, 2.45) is 5.73 Å². The molecule has 0 aliphatic rings. The first kappa shape index (κ1) is 16.1. The molecule has 0 amide bonds. The third kappa shape index (κ3) is 3.52. The van der Waals surface area contributed by atoms with Crippen LogP contribution >= 0.6 is 0 Å². The van der Waals surface area contributed by atoms with Gasteiger partial charge in [0.2, 0.25) is 10.0 Å². The molecule has 6 heteroatoms. The summed E-state index contributed by atoms with van der Waals surface area (Å²) in [5, 5.41) is 0. The zero-order valence-electron chi connectivity index (χ0n) is 11.6. The summed E-state index contributed by atoms with van der Waals surface area (Å²) in [4.78, 5) is -0.0412. The number of benzene rings is 1. The smallest absolute Gasteiger partial charge is 0.243 e. The Morgan fingerprint density at radius 1 is 1.42 bits per heavy atom. The molecule has 2 N–H and O–H groups in total. The molecule has 0 saturated heterocycles. The van der Waals surface area contributed by atoms with Crippen LogP contribution in [0, 0.1) is 5.82 Å². The Morgan fingerprint density at radius 2 is 2.05 bits per heavy atom. The number of rotatable bonds is 6. The fraction of sp³-hybridized carbons (Fsp3) is 0.538. The molecular weight excluding hydrogens is 267 g/mol. The lowest BCUT2D eigenvalue weighted by atomic mass is 10.2. The number of hydrogen-bond donors (Lipinski definition) is 1. The summed E-state index contributed by atoms with van der Waals surface area (Å²) in [7, 11) is -2.20.